The number of aryl methyl sites for hydroxylation is 1. The van der Waals surface area contributed by atoms with Crippen molar-refractivity contribution in [2.45, 2.75) is 43.5 Å². The van der Waals surface area contributed by atoms with E-state index in [0.29, 0.717) is 10.9 Å². The highest BCUT2D eigenvalue weighted by molar-refractivity contribution is 9.09. The predicted octanol–water partition coefficient (Wildman–Crippen LogP) is 3.77. The van der Waals surface area contributed by atoms with Crippen molar-refractivity contribution < 1.29 is 4.79 Å². The highest BCUT2D eigenvalue weighted by atomic mass is 79.9. The first-order valence-corrected chi connectivity index (χ1v) is 7.49. The van der Waals surface area contributed by atoms with Gasteiger partial charge in [0.2, 0.25) is 0 Å². The van der Waals surface area contributed by atoms with Gasteiger partial charge >= 0.3 is 0 Å². The average Bonchev–Trinajstić information content (AvgIpc) is 2.38. The van der Waals surface area contributed by atoms with E-state index in [9.17, 15) is 4.79 Å². The molecule has 2 unspecified atom stereocenters. The van der Waals surface area contributed by atoms with Gasteiger partial charge in [-0.2, -0.15) is 0 Å². The number of amides is 1. The molecule has 3 heteroatoms. The van der Waals surface area contributed by atoms with Crippen LogP contribution in [0.3, 0.4) is 0 Å². The van der Waals surface area contributed by atoms with Crippen LogP contribution in [-0.2, 0) is 0 Å². The molecule has 98 valence electrons. The summed E-state index contributed by atoms with van der Waals surface area (Å²) in [4.78, 5) is 14.7. The van der Waals surface area contributed by atoms with E-state index < -0.39 is 0 Å². The number of hydrogen-bond acceptors (Lipinski definition) is 1. The lowest BCUT2D eigenvalue weighted by Crippen LogP contribution is -2.44. The molecular weight excluding hydrogens is 290 g/mol. The van der Waals surface area contributed by atoms with Crippen LogP contribution in [-0.4, -0.2) is 28.7 Å². The molecule has 0 spiro atoms. The van der Waals surface area contributed by atoms with E-state index in [4.69, 9.17) is 0 Å². The average molecular weight is 310 g/mol. The van der Waals surface area contributed by atoms with Crippen molar-refractivity contribution in [3.8, 4) is 0 Å². The summed E-state index contributed by atoms with van der Waals surface area (Å²) in [6.45, 7) is 2.04. The minimum Gasteiger partial charge on any atom is -0.338 e. The number of nitrogens with zero attached hydrogens (tertiary/aromatic N) is 1. The van der Waals surface area contributed by atoms with Crippen LogP contribution in [0.4, 0.5) is 0 Å². The Bertz CT molecular complexity index is 415. The van der Waals surface area contributed by atoms with Crippen LogP contribution in [0.15, 0.2) is 24.3 Å². The number of alkyl halides is 1. The smallest absolute Gasteiger partial charge is 0.253 e. The van der Waals surface area contributed by atoms with E-state index in [1.165, 1.54) is 18.4 Å². The van der Waals surface area contributed by atoms with Gasteiger partial charge in [-0.05, 0) is 31.9 Å². The van der Waals surface area contributed by atoms with E-state index >= 15 is 0 Å². The minimum atomic E-state index is 0.131. The van der Waals surface area contributed by atoms with Gasteiger partial charge in [0.05, 0.1) is 0 Å². The van der Waals surface area contributed by atoms with Crippen molar-refractivity contribution in [1.82, 2.24) is 4.90 Å². The van der Waals surface area contributed by atoms with Crippen LogP contribution in [0.5, 0.6) is 0 Å². The maximum absolute atomic E-state index is 12.4. The van der Waals surface area contributed by atoms with Crippen molar-refractivity contribution in [3.63, 3.8) is 0 Å². The number of halogens is 1. The Morgan fingerprint density at radius 3 is 2.44 bits per heavy atom. The predicted molar refractivity (Wildman–Crippen MR) is 78.2 cm³/mol. The molecule has 2 nitrogen and oxygen atoms in total. The van der Waals surface area contributed by atoms with Crippen LogP contribution >= 0.6 is 15.9 Å². The van der Waals surface area contributed by atoms with E-state index in [0.717, 1.165) is 18.4 Å². The quantitative estimate of drug-likeness (QED) is 0.761. The third kappa shape index (κ3) is 2.94. The summed E-state index contributed by atoms with van der Waals surface area (Å²) < 4.78 is 0. The first-order valence-electron chi connectivity index (χ1n) is 6.57. The number of benzene rings is 1. The summed E-state index contributed by atoms with van der Waals surface area (Å²) >= 11 is 3.71. The lowest BCUT2D eigenvalue weighted by molar-refractivity contribution is 0.0705. The zero-order valence-corrected chi connectivity index (χ0v) is 12.6. The van der Waals surface area contributed by atoms with Gasteiger partial charge in [-0.1, -0.05) is 46.5 Å². The summed E-state index contributed by atoms with van der Waals surface area (Å²) in [5, 5.41) is 0. The Hall–Kier alpha value is -0.830. The molecule has 1 saturated carbocycles. The lowest BCUT2D eigenvalue weighted by atomic mass is 9.94. The van der Waals surface area contributed by atoms with E-state index in [2.05, 4.69) is 15.9 Å². The van der Waals surface area contributed by atoms with Crippen LogP contribution in [0.2, 0.25) is 0 Å². The molecule has 18 heavy (non-hydrogen) atoms. The van der Waals surface area contributed by atoms with Gasteiger partial charge in [0, 0.05) is 23.5 Å². The zero-order chi connectivity index (χ0) is 13.1. The Kier molecular flexibility index (Phi) is 4.44. The highest BCUT2D eigenvalue weighted by Gasteiger charge is 2.29. The number of carbonyl (C=O) groups is 1. The van der Waals surface area contributed by atoms with Crippen molar-refractivity contribution in [3.05, 3.63) is 35.4 Å². The van der Waals surface area contributed by atoms with E-state index in [1.807, 2.05) is 43.1 Å². The van der Waals surface area contributed by atoms with Crippen molar-refractivity contribution >= 4 is 21.8 Å². The highest BCUT2D eigenvalue weighted by Crippen LogP contribution is 2.28. The Morgan fingerprint density at radius 1 is 1.22 bits per heavy atom. The van der Waals surface area contributed by atoms with Gasteiger partial charge < -0.3 is 4.90 Å². The monoisotopic (exact) mass is 309 g/mol. The molecule has 1 amide bonds. The Balaban J connectivity index is 2.10. The Morgan fingerprint density at radius 2 is 1.83 bits per heavy atom. The second-order valence-corrected chi connectivity index (χ2v) is 6.33. The summed E-state index contributed by atoms with van der Waals surface area (Å²) in [7, 11) is 1.92. The molecule has 1 aromatic rings. The van der Waals surface area contributed by atoms with Gasteiger partial charge in [-0.25, -0.2) is 0 Å². The summed E-state index contributed by atoms with van der Waals surface area (Å²) in [6.07, 6.45) is 4.75. The Labute approximate surface area is 117 Å². The molecule has 0 N–H and O–H groups in total. The zero-order valence-electron chi connectivity index (χ0n) is 11.0. The van der Waals surface area contributed by atoms with Gasteiger partial charge in [0.1, 0.15) is 0 Å². The van der Waals surface area contributed by atoms with Gasteiger partial charge in [-0.3, -0.25) is 4.79 Å². The molecule has 0 aromatic heterocycles. The molecule has 1 aliphatic carbocycles. The number of hydrogen-bond donors (Lipinski definition) is 0. The maximum atomic E-state index is 12.4. The number of rotatable bonds is 2. The van der Waals surface area contributed by atoms with Crippen LogP contribution in [0.25, 0.3) is 0 Å². The lowest BCUT2D eigenvalue weighted by Gasteiger charge is -2.35. The molecule has 0 bridgehead atoms. The summed E-state index contributed by atoms with van der Waals surface area (Å²) in [5.74, 6) is 0.131. The molecule has 2 atom stereocenters. The standard InChI is InChI=1S/C15H20BrNO/c1-11-7-9-12(10-8-11)15(18)17(2)14-6-4-3-5-13(14)16/h7-10,13-14H,3-6H2,1-2H3. The molecular formula is C15H20BrNO. The molecule has 1 aliphatic rings. The second-order valence-electron chi connectivity index (χ2n) is 5.15. The number of carbonyl (C=O) groups excluding carboxylic acids is 1. The molecule has 0 aliphatic heterocycles. The topological polar surface area (TPSA) is 20.3 Å². The van der Waals surface area contributed by atoms with Crippen LogP contribution in [0.1, 0.15) is 41.6 Å². The first-order chi connectivity index (χ1) is 8.59. The summed E-state index contributed by atoms with van der Waals surface area (Å²) in [5.41, 5.74) is 1.97. The van der Waals surface area contributed by atoms with Crippen LogP contribution in [0, 0.1) is 6.92 Å². The van der Waals surface area contributed by atoms with Crippen molar-refractivity contribution in [1.29, 1.82) is 0 Å². The summed E-state index contributed by atoms with van der Waals surface area (Å²) in [6, 6.07) is 8.15. The van der Waals surface area contributed by atoms with Crippen molar-refractivity contribution in [2.24, 2.45) is 0 Å². The molecule has 0 radical (unpaired) electrons. The van der Waals surface area contributed by atoms with E-state index in [-0.39, 0.29) is 5.91 Å². The normalized spacial score (nSPS) is 23.7. The van der Waals surface area contributed by atoms with E-state index in [1.54, 1.807) is 0 Å². The molecule has 2 rings (SSSR count). The fraction of sp³-hybridized carbons (Fsp3) is 0.533. The minimum absolute atomic E-state index is 0.131. The largest absolute Gasteiger partial charge is 0.338 e. The molecule has 0 heterocycles. The van der Waals surface area contributed by atoms with Gasteiger partial charge in [0.25, 0.3) is 5.91 Å². The molecule has 1 aromatic carbocycles. The van der Waals surface area contributed by atoms with Crippen molar-refractivity contribution in [2.75, 3.05) is 7.05 Å². The third-order valence-corrected chi connectivity index (χ3v) is 4.83. The van der Waals surface area contributed by atoms with Gasteiger partial charge in [0.15, 0.2) is 0 Å². The first kappa shape index (κ1) is 13.6. The van der Waals surface area contributed by atoms with Crippen LogP contribution < -0.4 is 0 Å². The maximum Gasteiger partial charge on any atom is 0.253 e. The molecule has 0 saturated heterocycles. The fourth-order valence-corrected chi connectivity index (χ4v) is 3.50. The fourth-order valence-electron chi connectivity index (χ4n) is 2.55. The third-order valence-electron chi connectivity index (χ3n) is 3.76. The SMILES string of the molecule is Cc1ccc(C(=O)N(C)C2CCCCC2Br)cc1. The van der Waals surface area contributed by atoms with Gasteiger partial charge in [-0.15, -0.1) is 0 Å². The second kappa shape index (κ2) is 5.87. The molecule has 1 fully saturated rings.